The van der Waals surface area contributed by atoms with Crippen molar-refractivity contribution in [3.63, 3.8) is 0 Å². The van der Waals surface area contributed by atoms with Crippen molar-refractivity contribution < 1.29 is 4.79 Å². The van der Waals surface area contributed by atoms with Crippen LogP contribution in [0.15, 0.2) is 53.5 Å². The molecule has 1 aliphatic heterocycles. The Bertz CT molecular complexity index is 1010. The molecule has 2 aromatic rings. The second kappa shape index (κ2) is 7.54. The van der Waals surface area contributed by atoms with Gasteiger partial charge in [0.05, 0.1) is 23.6 Å². The number of nitrogens with zero attached hydrogens (tertiary/aromatic N) is 4. The maximum Gasteiger partial charge on any atom is 0.239 e. The van der Waals surface area contributed by atoms with Crippen LogP contribution < -0.4 is 5.73 Å². The Morgan fingerprint density at radius 2 is 1.93 bits per heavy atom. The number of aryl methyl sites for hydroxylation is 1. The number of carbonyl (C=O) groups is 1. The van der Waals surface area contributed by atoms with E-state index in [-0.39, 0.29) is 11.9 Å². The molecule has 28 heavy (non-hydrogen) atoms. The summed E-state index contributed by atoms with van der Waals surface area (Å²) in [4.78, 5) is 19.2. The average molecular weight is 371 g/mol. The van der Waals surface area contributed by atoms with E-state index in [1.54, 1.807) is 25.2 Å². The zero-order valence-electron chi connectivity index (χ0n) is 15.9. The highest BCUT2D eigenvalue weighted by Gasteiger charge is 2.47. The molecular weight excluding hydrogens is 350 g/mol. The number of nitrogens with two attached hydrogens (primary N) is 1. The van der Waals surface area contributed by atoms with E-state index in [0.717, 1.165) is 16.7 Å². The highest BCUT2D eigenvalue weighted by molar-refractivity contribution is 6.02. The molecule has 6 heteroatoms. The van der Waals surface area contributed by atoms with Crippen LogP contribution in [-0.2, 0) is 16.8 Å². The smallest absolute Gasteiger partial charge is 0.239 e. The molecule has 2 atom stereocenters. The van der Waals surface area contributed by atoms with E-state index in [9.17, 15) is 10.1 Å². The molecule has 3 rings (SSSR count). The first kappa shape index (κ1) is 19.1. The number of nitriles is 2. The van der Waals surface area contributed by atoms with Crippen molar-refractivity contribution in [3.8, 4) is 12.1 Å². The van der Waals surface area contributed by atoms with Gasteiger partial charge in [0.1, 0.15) is 5.54 Å². The summed E-state index contributed by atoms with van der Waals surface area (Å²) in [5, 5.41) is 18.0. The molecule has 0 saturated heterocycles. The molecule has 0 saturated carbocycles. The van der Waals surface area contributed by atoms with Gasteiger partial charge in [-0.05, 0) is 42.2 Å². The minimum atomic E-state index is -0.936. The lowest BCUT2D eigenvalue weighted by atomic mass is 9.74. The molecule has 0 bridgehead atoms. The third kappa shape index (κ3) is 3.33. The molecule has 6 nitrogen and oxygen atoms in total. The fourth-order valence-corrected chi connectivity index (χ4v) is 3.60. The number of likely N-dealkylation sites (N-methyl/N-ethyl adjacent to an activating group) is 1. The Morgan fingerprint density at radius 1 is 1.21 bits per heavy atom. The van der Waals surface area contributed by atoms with Crippen LogP contribution in [0, 0.1) is 22.7 Å². The van der Waals surface area contributed by atoms with Gasteiger partial charge in [-0.1, -0.05) is 36.4 Å². The number of amides is 1. The van der Waals surface area contributed by atoms with Crippen LogP contribution in [0.5, 0.6) is 0 Å². The molecular formula is C22H21N5O. The summed E-state index contributed by atoms with van der Waals surface area (Å²) in [6.45, 7) is 1.87. The van der Waals surface area contributed by atoms with Gasteiger partial charge < -0.3 is 5.73 Å². The third-order valence-electron chi connectivity index (χ3n) is 5.24. The van der Waals surface area contributed by atoms with E-state index >= 15 is 0 Å². The van der Waals surface area contributed by atoms with E-state index in [2.05, 4.69) is 17.1 Å². The van der Waals surface area contributed by atoms with Crippen molar-refractivity contribution >= 4 is 11.9 Å². The van der Waals surface area contributed by atoms with Crippen molar-refractivity contribution in [1.29, 1.82) is 10.5 Å². The van der Waals surface area contributed by atoms with E-state index < -0.39 is 11.5 Å². The van der Waals surface area contributed by atoms with Crippen LogP contribution in [0.3, 0.4) is 0 Å². The summed E-state index contributed by atoms with van der Waals surface area (Å²) in [7, 11) is 1.61. The van der Waals surface area contributed by atoms with Crippen molar-refractivity contribution in [3.05, 3.63) is 70.8 Å². The molecule has 140 valence electrons. The molecule has 2 N–H and O–H groups in total. The quantitative estimate of drug-likeness (QED) is 0.892. The van der Waals surface area contributed by atoms with Gasteiger partial charge in [0.2, 0.25) is 5.91 Å². The molecule has 0 unspecified atom stereocenters. The topological polar surface area (TPSA) is 106 Å². The first-order valence-electron chi connectivity index (χ1n) is 9.00. The van der Waals surface area contributed by atoms with Gasteiger partial charge in [0, 0.05) is 13.5 Å². The van der Waals surface area contributed by atoms with Crippen LogP contribution in [-0.4, -0.2) is 23.8 Å². The van der Waals surface area contributed by atoms with Gasteiger partial charge in [-0.15, -0.1) is 0 Å². The Hall–Kier alpha value is -3.64. The molecule has 0 aromatic heterocycles. The molecule has 0 aliphatic carbocycles. The summed E-state index contributed by atoms with van der Waals surface area (Å²) in [5.41, 5.74) is 8.22. The van der Waals surface area contributed by atoms with Crippen molar-refractivity contribution in [2.45, 2.75) is 31.2 Å². The summed E-state index contributed by atoms with van der Waals surface area (Å²) >= 11 is 0. The van der Waals surface area contributed by atoms with Crippen LogP contribution in [0.1, 0.15) is 41.5 Å². The Kier molecular flexibility index (Phi) is 5.15. The van der Waals surface area contributed by atoms with Crippen molar-refractivity contribution in [2.24, 2.45) is 10.7 Å². The molecule has 0 spiro atoms. The maximum atomic E-state index is 13.2. The van der Waals surface area contributed by atoms with Crippen LogP contribution in [0.25, 0.3) is 0 Å². The van der Waals surface area contributed by atoms with Crippen molar-refractivity contribution in [1.82, 2.24) is 4.90 Å². The van der Waals surface area contributed by atoms with Gasteiger partial charge in [-0.25, -0.2) is 4.99 Å². The molecule has 0 radical (unpaired) electrons. The Balaban J connectivity index is 2.11. The van der Waals surface area contributed by atoms with E-state index in [1.165, 1.54) is 4.90 Å². The van der Waals surface area contributed by atoms with Gasteiger partial charge in [-0.2, -0.15) is 10.5 Å². The predicted molar refractivity (Wildman–Crippen MR) is 106 cm³/mol. The van der Waals surface area contributed by atoms with Gasteiger partial charge in [0.15, 0.2) is 5.96 Å². The number of benzene rings is 2. The second-order valence-corrected chi connectivity index (χ2v) is 7.04. The second-order valence-electron chi connectivity index (χ2n) is 7.04. The van der Waals surface area contributed by atoms with Gasteiger partial charge >= 0.3 is 0 Å². The Labute approximate surface area is 164 Å². The number of rotatable bonds is 4. The molecule has 1 heterocycles. The lowest BCUT2D eigenvalue weighted by Gasteiger charge is -2.41. The highest BCUT2D eigenvalue weighted by Crippen LogP contribution is 2.44. The van der Waals surface area contributed by atoms with Crippen LogP contribution in [0.2, 0.25) is 0 Å². The van der Waals surface area contributed by atoms with Gasteiger partial charge in [0.25, 0.3) is 0 Å². The monoisotopic (exact) mass is 371 g/mol. The maximum absolute atomic E-state index is 13.2. The first-order valence-corrected chi connectivity index (χ1v) is 9.00. The molecule has 2 aromatic carbocycles. The van der Waals surface area contributed by atoms with E-state index in [4.69, 9.17) is 11.0 Å². The summed E-state index contributed by atoms with van der Waals surface area (Å²) < 4.78 is 0. The van der Waals surface area contributed by atoms with Gasteiger partial charge in [-0.3, -0.25) is 9.69 Å². The number of hydrogen-bond donors (Lipinski definition) is 1. The zero-order valence-corrected chi connectivity index (χ0v) is 15.9. The Morgan fingerprint density at radius 3 is 2.57 bits per heavy atom. The number of carbonyl (C=O) groups excluding carboxylic acids is 1. The third-order valence-corrected chi connectivity index (χ3v) is 5.24. The summed E-state index contributed by atoms with van der Waals surface area (Å²) in [6, 6.07) is 19.1. The van der Waals surface area contributed by atoms with Crippen LogP contribution in [0.4, 0.5) is 0 Å². The lowest BCUT2D eigenvalue weighted by Crippen LogP contribution is -2.52. The predicted octanol–water partition coefficient (Wildman–Crippen LogP) is 2.80. The average Bonchev–Trinajstić information content (AvgIpc) is 2.71. The fraction of sp³-hybridized carbons (Fsp3) is 0.273. The largest absolute Gasteiger partial charge is 0.369 e. The lowest BCUT2D eigenvalue weighted by molar-refractivity contribution is -0.130. The molecule has 0 fully saturated rings. The summed E-state index contributed by atoms with van der Waals surface area (Å²) in [5.74, 6) is -0.581. The van der Waals surface area contributed by atoms with Crippen molar-refractivity contribution in [2.75, 3.05) is 7.05 Å². The van der Waals surface area contributed by atoms with E-state index in [1.807, 2.05) is 37.3 Å². The van der Waals surface area contributed by atoms with E-state index in [0.29, 0.717) is 18.4 Å². The number of aliphatic imine (C=N–C) groups is 1. The minimum Gasteiger partial charge on any atom is -0.369 e. The minimum absolute atomic E-state index is 0.150. The number of hydrogen-bond acceptors (Lipinski definition) is 5. The molecule has 1 amide bonds. The fourth-order valence-electron chi connectivity index (χ4n) is 3.60. The molecule has 1 aliphatic rings. The normalized spacial score (nSPS) is 21.6. The highest BCUT2D eigenvalue weighted by atomic mass is 16.2. The van der Waals surface area contributed by atoms with Crippen LogP contribution >= 0.6 is 0 Å². The SMILES string of the molecule is CN1C(=O)[C@H](c2ccc(CCC#N)cc2)[C@@](C)(c2cccc(C#N)c2)N=C1N. The number of guanidine groups is 1. The summed E-state index contributed by atoms with van der Waals surface area (Å²) in [6.07, 6.45) is 1.12. The standard InChI is InChI=1S/C22H21N5O/c1-22(18-7-3-5-16(13-18)14-24)19(20(28)27(2)21(25)26-22)17-10-8-15(9-11-17)6-4-12-23/h3,5,7-11,13,19H,4,6H2,1-2H3,(H2,25,26)/t19-,22+/m0/s1. The first-order chi connectivity index (χ1) is 13.4. The zero-order chi connectivity index (χ0) is 20.3.